The highest BCUT2D eigenvalue weighted by Crippen LogP contribution is 2.35. The van der Waals surface area contributed by atoms with E-state index in [0.29, 0.717) is 5.92 Å². The number of hydrogen-bond donors (Lipinski definition) is 0. The molecule has 82 valence electrons. The third-order valence-electron chi connectivity index (χ3n) is 3.22. The Balaban J connectivity index is 2.40. The highest BCUT2D eigenvalue weighted by Gasteiger charge is 2.17. The van der Waals surface area contributed by atoms with Crippen molar-refractivity contribution in [3.8, 4) is 5.75 Å². The molecule has 2 aromatic rings. The van der Waals surface area contributed by atoms with Gasteiger partial charge in [0.1, 0.15) is 5.75 Å². The molecule has 0 spiro atoms. The quantitative estimate of drug-likeness (QED) is 0.725. The molecule has 0 N–H and O–H groups in total. The second-order valence-electron chi connectivity index (χ2n) is 4.60. The lowest BCUT2D eigenvalue weighted by Gasteiger charge is -2.20. The van der Waals surface area contributed by atoms with Crippen molar-refractivity contribution in [1.29, 1.82) is 0 Å². The van der Waals surface area contributed by atoms with Crippen molar-refractivity contribution >= 4 is 10.9 Å². The van der Waals surface area contributed by atoms with Gasteiger partial charge in [0.15, 0.2) is 0 Å². The van der Waals surface area contributed by atoms with E-state index in [9.17, 15) is 0 Å². The maximum Gasteiger partial charge on any atom is 0.129 e. The third kappa shape index (κ3) is 1.29. The van der Waals surface area contributed by atoms with Gasteiger partial charge in [-0.2, -0.15) is 0 Å². The van der Waals surface area contributed by atoms with E-state index in [2.05, 4.69) is 37.0 Å². The minimum Gasteiger partial charge on any atom is -0.493 e. The molecule has 0 fully saturated rings. The summed E-state index contributed by atoms with van der Waals surface area (Å²) in [4.78, 5) is 4.53. The summed E-state index contributed by atoms with van der Waals surface area (Å²) in [6.45, 7) is 5.19. The van der Waals surface area contributed by atoms with Crippen molar-refractivity contribution < 1.29 is 4.74 Å². The third-order valence-corrected chi connectivity index (χ3v) is 3.22. The smallest absolute Gasteiger partial charge is 0.129 e. The lowest BCUT2D eigenvalue weighted by molar-refractivity contribution is 0.318. The van der Waals surface area contributed by atoms with E-state index in [0.717, 1.165) is 24.3 Å². The SMILES string of the molecule is CC(C)c1ccc2c3c(ccnc13)CCO2. The van der Waals surface area contributed by atoms with Gasteiger partial charge in [-0.25, -0.2) is 0 Å². The van der Waals surface area contributed by atoms with E-state index in [4.69, 9.17) is 4.74 Å². The van der Waals surface area contributed by atoms with Crippen LogP contribution in [0.5, 0.6) is 5.75 Å². The Hall–Kier alpha value is -1.57. The van der Waals surface area contributed by atoms with Gasteiger partial charge in [-0.3, -0.25) is 4.98 Å². The Kier molecular flexibility index (Phi) is 2.10. The molecule has 0 amide bonds. The number of nitrogens with zero attached hydrogens (tertiary/aromatic N) is 1. The van der Waals surface area contributed by atoms with Crippen molar-refractivity contribution in [1.82, 2.24) is 4.98 Å². The molecular formula is C14H15NO. The Labute approximate surface area is 95.3 Å². The second kappa shape index (κ2) is 3.48. The molecule has 0 aliphatic carbocycles. The molecule has 1 aromatic carbocycles. The van der Waals surface area contributed by atoms with Gasteiger partial charge in [0.25, 0.3) is 0 Å². The first-order chi connectivity index (χ1) is 7.77. The first-order valence-electron chi connectivity index (χ1n) is 5.80. The average molecular weight is 213 g/mol. The van der Waals surface area contributed by atoms with E-state index >= 15 is 0 Å². The van der Waals surface area contributed by atoms with Crippen molar-refractivity contribution in [2.45, 2.75) is 26.2 Å². The van der Waals surface area contributed by atoms with Gasteiger partial charge >= 0.3 is 0 Å². The molecule has 0 unspecified atom stereocenters. The number of rotatable bonds is 1. The summed E-state index contributed by atoms with van der Waals surface area (Å²) in [7, 11) is 0. The van der Waals surface area contributed by atoms with Crippen LogP contribution < -0.4 is 4.74 Å². The van der Waals surface area contributed by atoms with Crippen LogP contribution in [0.25, 0.3) is 10.9 Å². The zero-order valence-corrected chi connectivity index (χ0v) is 9.66. The van der Waals surface area contributed by atoms with Crippen molar-refractivity contribution in [3.05, 3.63) is 35.5 Å². The van der Waals surface area contributed by atoms with Gasteiger partial charge in [0.2, 0.25) is 0 Å². The summed E-state index contributed by atoms with van der Waals surface area (Å²) in [5.41, 5.74) is 3.80. The Morgan fingerprint density at radius 3 is 2.94 bits per heavy atom. The van der Waals surface area contributed by atoms with Crippen molar-refractivity contribution in [3.63, 3.8) is 0 Å². The Morgan fingerprint density at radius 1 is 1.25 bits per heavy atom. The minimum atomic E-state index is 0.499. The van der Waals surface area contributed by atoms with Crippen molar-refractivity contribution in [2.75, 3.05) is 6.61 Å². The fraction of sp³-hybridized carbons (Fsp3) is 0.357. The zero-order valence-electron chi connectivity index (χ0n) is 9.66. The number of ether oxygens (including phenoxy) is 1. The van der Waals surface area contributed by atoms with Crippen LogP contribution in [0.15, 0.2) is 24.4 Å². The highest BCUT2D eigenvalue weighted by atomic mass is 16.5. The number of hydrogen-bond acceptors (Lipinski definition) is 2. The van der Waals surface area contributed by atoms with Gasteiger partial charge in [-0.15, -0.1) is 0 Å². The summed E-state index contributed by atoms with van der Waals surface area (Å²) in [6, 6.07) is 6.34. The van der Waals surface area contributed by atoms with E-state index in [1.165, 1.54) is 16.5 Å². The fourth-order valence-corrected chi connectivity index (χ4v) is 2.39. The largest absolute Gasteiger partial charge is 0.493 e. The number of aromatic nitrogens is 1. The number of benzene rings is 1. The summed E-state index contributed by atoms with van der Waals surface area (Å²) < 4.78 is 5.69. The van der Waals surface area contributed by atoms with Crippen LogP contribution in [0.2, 0.25) is 0 Å². The zero-order chi connectivity index (χ0) is 11.1. The topological polar surface area (TPSA) is 22.1 Å². The van der Waals surface area contributed by atoms with Gasteiger partial charge in [0, 0.05) is 18.0 Å². The molecule has 1 aliphatic heterocycles. The predicted molar refractivity (Wildman–Crippen MR) is 65.0 cm³/mol. The summed E-state index contributed by atoms with van der Waals surface area (Å²) in [5.74, 6) is 1.49. The van der Waals surface area contributed by atoms with Crippen molar-refractivity contribution in [2.24, 2.45) is 0 Å². The van der Waals surface area contributed by atoms with E-state index in [-0.39, 0.29) is 0 Å². The predicted octanol–water partition coefficient (Wildman–Crippen LogP) is 3.29. The first kappa shape index (κ1) is 9.64. The maximum absolute atomic E-state index is 5.69. The van der Waals surface area contributed by atoms with Crippen LogP contribution in [0.4, 0.5) is 0 Å². The summed E-state index contributed by atoms with van der Waals surface area (Å²) >= 11 is 0. The standard InChI is InChI=1S/C14H15NO/c1-9(2)11-3-4-12-13-10(6-8-16-12)5-7-15-14(11)13/h3-5,7,9H,6,8H2,1-2H3. The summed E-state index contributed by atoms with van der Waals surface area (Å²) in [5, 5.41) is 1.22. The lowest BCUT2D eigenvalue weighted by Crippen LogP contribution is -2.09. The Bertz CT molecular complexity index is 535. The van der Waals surface area contributed by atoms with Gasteiger partial charge in [-0.05, 0) is 29.2 Å². The fourth-order valence-electron chi connectivity index (χ4n) is 2.39. The monoisotopic (exact) mass is 213 g/mol. The maximum atomic E-state index is 5.69. The van der Waals surface area contributed by atoms with Crippen LogP contribution in [-0.2, 0) is 6.42 Å². The van der Waals surface area contributed by atoms with Crippen LogP contribution in [0.1, 0.15) is 30.9 Å². The van der Waals surface area contributed by atoms with Crippen LogP contribution in [0.3, 0.4) is 0 Å². The van der Waals surface area contributed by atoms with Crippen LogP contribution in [-0.4, -0.2) is 11.6 Å². The molecule has 1 aliphatic rings. The molecule has 0 atom stereocenters. The highest BCUT2D eigenvalue weighted by molar-refractivity contribution is 5.91. The molecule has 0 bridgehead atoms. The Morgan fingerprint density at radius 2 is 2.12 bits per heavy atom. The molecule has 3 rings (SSSR count). The van der Waals surface area contributed by atoms with Gasteiger partial charge < -0.3 is 4.74 Å². The lowest BCUT2D eigenvalue weighted by atomic mass is 9.95. The molecule has 2 heterocycles. The molecular weight excluding hydrogens is 198 g/mol. The molecule has 0 saturated carbocycles. The second-order valence-corrected chi connectivity index (χ2v) is 4.60. The summed E-state index contributed by atoms with van der Waals surface area (Å²) in [6.07, 6.45) is 2.91. The first-order valence-corrected chi connectivity index (χ1v) is 5.80. The average Bonchev–Trinajstić information content (AvgIpc) is 2.30. The van der Waals surface area contributed by atoms with Crippen LogP contribution >= 0.6 is 0 Å². The van der Waals surface area contributed by atoms with Gasteiger partial charge in [-0.1, -0.05) is 19.9 Å². The minimum absolute atomic E-state index is 0.499. The van der Waals surface area contributed by atoms with Crippen LogP contribution in [0, 0.1) is 0 Å². The molecule has 0 radical (unpaired) electrons. The van der Waals surface area contributed by atoms with Gasteiger partial charge in [0.05, 0.1) is 12.1 Å². The molecule has 2 nitrogen and oxygen atoms in total. The van der Waals surface area contributed by atoms with E-state index in [1.807, 2.05) is 6.20 Å². The molecule has 16 heavy (non-hydrogen) atoms. The van der Waals surface area contributed by atoms with E-state index < -0.39 is 0 Å². The molecule has 1 aromatic heterocycles. The van der Waals surface area contributed by atoms with E-state index in [1.54, 1.807) is 0 Å². The molecule has 2 heteroatoms. The normalized spacial score (nSPS) is 14.2. The molecule has 0 saturated heterocycles. The number of pyridine rings is 1.